The number of hydrogen-bond donors (Lipinski definition) is 2. The monoisotopic (exact) mass is 393 g/mol. The summed E-state index contributed by atoms with van der Waals surface area (Å²) < 4.78 is 30.9. The van der Waals surface area contributed by atoms with Crippen LogP contribution in [-0.2, 0) is 15.4 Å². The van der Waals surface area contributed by atoms with Crippen LogP contribution in [0.5, 0.6) is 5.75 Å². The van der Waals surface area contributed by atoms with Crippen molar-refractivity contribution >= 4 is 20.9 Å². The molecule has 2 N–H and O–H groups in total. The minimum Gasteiger partial charge on any atom is -0.497 e. The number of methoxy groups -OCH3 is 1. The van der Waals surface area contributed by atoms with Crippen LogP contribution in [0.3, 0.4) is 0 Å². The summed E-state index contributed by atoms with van der Waals surface area (Å²) in [5.41, 5.74) is 3.16. The Bertz CT molecular complexity index is 961. The first-order valence-corrected chi connectivity index (χ1v) is 11.1. The number of nitrogens with zero attached hydrogens (tertiary/aromatic N) is 2. The van der Waals surface area contributed by atoms with Crippen molar-refractivity contribution < 1.29 is 18.3 Å². The topological polar surface area (TPSA) is 85.9 Å². The molecule has 1 aromatic heterocycles. The number of benzene rings is 1. The molecule has 0 aliphatic carbocycles. The molecule has 0 unspecified atom stereocenters. The summed E-state index contributed by atoms with van der Waals surface area (Å²) in [5.74, 6) is 0.788. The third-order valence-corrected chi connectivity index (χ3v) is 7.61. The van der Waals surface area contributed by atoms with Crippen molar-refractivity contribution in [1.82, 2.24) is 14.2 Å². The van der Waals surface area contributed by atoms with E-state index in [1.165, 1.54) is 11.8 Å². The third-order valence-electron chi connectivity index (χ3n) is 6.30. The highest BCUT2D eigenvalue weighted by atomic mass is 32.2. The normalized spacial score (nSPS) is 23.6. The second-order valence-corrected chi connectivity index (χ2v) is 9.86. The van der Waals surface area contributed by atoms with Crippen LogP contribution >= 0.6 is 0 Å². The van der Waals surface area contributed by atoms with E-state index in [4.69, 9.17) is 4.74 Å². The van der Waals surface area contributed by atoms with Gasteiger partial charge in [-0.25, -0.2) is 12.7 Å². The number of piperidine rings is 1. The standard InChI is InChI=1S/C19H27N3O4S/c1-21-12-19(6-8-22(9-7-19)27(3,24)25)17-14-5-4-13(26-2)10-15(14)20-18(17)16(21)11-23/h4-5,10,16,20,23H,6-9,11-12H2,1-3H3/t16-/m0/s1. The lowest BCUT2D eigenvalue weighted by molar-refractivity contribution is 0.0798. The Kier molecular flexibility index (Phi) is 4.50. The van der Waals surface area contributed by atoms with Crippen LogP contribution in [0.25, 0.3) is 10.9 Å². The number of sulfonamides is 1. The summed E-state index contributed by atoms with van der Waals surface area (Å²) in [6.07, 6.45) is 2.83. The number of likely N-dealkylation sites (N-methyl/N-ethyl adjacent to an activating group) is 1. The molecule has 0 saturated carbocycles. The summed E-state index contributed by atoms with van der Waals surface area (Å²) >= 11 is 0. The van der Waals surface area contributed by atoms with Crippen molar-refractivity contribution in [2.45, 2.75) is 24.3 Å². The highest BCUT2D eigenvalue weighted by molar-refractivity contribution is 7.88. The number of ether oxygens (including phenoxy) is 1. The predicted molar refractivity (Wildman–Crippen MR) is 105 cm³/mol. The number of aliphatic hydroxyl groups excluding tert-OH is 1. The predicted octanol–water partition coefficient (Wildman–Crippen LogP) is 1.45. The van der Waals surface area contributed by atoms with E-state index in [-0.39, 0.29) is 18.1 Å². The van der Waals surface area contributed by atoms with Gasteiger partial charge < -0.3 is 14.8 Å². The lowest BCUT2D eigenvalue weighted by Crippen LogP contribution is -2.53. The van der Waals surface area contributed by atoms with Gasteiger partial charge in [-0.1, -0.05) is 0 Å². The van der Waals surface area contributed by atoms with Gasteiger partial charge in [0.1, 0.15) is 5.75 Å². The van der Waals surface area contributed by atoms with Gasteiger partial charge in [-0.15, -0.1) is 0 Å². The smallest absolute Gasteiger partial charge is 0.211 e. The molecule has 1 spiro atoms. The van der Waals surface area contributed by atoms with E-state index < -0.39 is 10.0 Å². The van der Waals surface area contributed by atoms with Crippen LogP contribution in [-0.4, -0.2) is 74.4 Å². The quantitative estimate of drug-likeness (QED) is 0.824. The van der Waals surface area contributed by atoms with Crippen LogP contribution in [0.2, 0.25) is 0 Å². The Morgan fingerprint density at radius 1 is 1.33 bits per heavy atom. The van der Waals surface area contributed by atoms with Crippen molar-refractivity contribution in [3.05, 3.63) is 29.5 Å². The van der Waals surface area contributed by atoms with Gasteiger partial charge in [0.15, 0.2) is 0 Å². The Labute approximate surface area is 160 Å². The average Bonchev–Trinajstić information content (AvgIpc) is 3.00. The maximum atomic E-state index is 12.0. The Morgan fingerprint density at radius 2 is 2.04 bits per heavy atom. The molecule has 1 fully saturated rings. The van der Waals surface area contributed by atoms with Gasteiger partial charge in [0, 0.05) is 47.7 Å². The molecule has 3 heterocycles. The molecule has 148 valence electrons. The van der Waals surface area contributed by atoms with Crippen molar-refractivity contribution in [3.8, 4) is 5.75 Å². The number of rotatable bonds is 3. The Balaban J connectivity index is 1.84. The second kappa shape index (κ2) is 6.48. The lowest BCUT2D eigenvalue weighted by atomic mass is 9.68. The van der Waals surface area contributed by atoms with Gasteiger partial charge >= 0.3 is 0 Å². The molecule has 2 aliphatic rings. The fourth-order valence-electron chi connectivity index (χ4n) is 4.92. The molecule has 2 aliphatic heterocycles. The summed E-state index contributed by atoms with van der Waals surface area (Å²) in [6, 6.07) is 5.94. The highest BCUT2D eigenvalue weighted by Crippen LogP contribution is 2.48. The molecule has 0 bridgehead atoms. The molecule has 0 radical (unpaired) electrons. The molecule has 27 heavy (non-hydrogen) atoms. The third kappa shape index (κ3) is 2.95. The van der Waals surface area contributed by atoms with E-state index in [9.17, 15) is 13.5 Å². The first-order valence-electron chi connectivity index (χ1n) is 9.25. The zero-order valence-electron chi connectivity index (χ0n) is 16.0. The minimum atomic E-state index is -3.17. The zero-order valence-corrected chi connectivity index (χ0v) is 16.8. The molecule has 2 aromatic rings. The minimum absolute atomic E-state index is 0.0407. The number of aromatic amines is 1. The number of aliphatic hydroxyl groups is 1. The van der Waals surface area contributed by atoms with E-state index in [1.807, 2.05) is 19.2 Å². The molecule has 4 rings (SSSR count). The summed E-state index contributed by atoms with van der Waals surface area (Å²) in [5, 5.41) is 11.1. The van der Waals surface area contributed by atoms with E-state index in [0.717, 1.165) is 41.7 Å². The zero-order chi connectivity index (χ0) is 19.4. The molecule has 7 nitrogen and oxygen atoms in total. The van der Waals surface area contributed by atoms with E-state index in [1.54, 1.807) is 11.4 Å². The molecule has 1 atom stereocenters. The molecule has 0 amide bonds. The maximum absolute atomic E-state index is 12.0. The van der Waals surface area contributed by atoms with Gasteiger partial charge in [-0.2, -0.15) is 0 Å². The molecule has 1 saturated heterocycles. The molecule has 8 heteroatoms. The lowest BCUT2D eigenvalue weighted by Gasteiger charge is -2.48. The summed E-state index contributed by atoms with van der Waals surface area (Å²) in [4.78, 5) is 5.71. The number of nitrogens with one attached hydrogen (secondary N) is 1. The Morgan fingerprint density at radius 3 is 2.63 bits per heavy atom. The molecular weight excluding hydrogens is 366 g/mol. The fourth-order valence-corrected chi connectivity index (χ4v) is 5.76. The van der Waals surface area contributed by atoms with Crippen molar-refractivity contribution in [2.75, 3.05) is 46.7 Å². The largest absolute Gasteiger partial charge is 0.497 e. The van der Waals surface area contributed by atoms with Gasteiger partial charge in [0.05, 0.1) is 26.0 Å². The molecule has 1 aromatic carbocycles. The maximum Gasteiger partial charge on any atom is 0.211 e. The van der Waals surface area contributed by atoms with Crippen LogP contribution < -0.4 is 4.74 Å². The Hall–Kier alpha value is -1.61. The highest BCUT2D eigenvalue weighted by Gasteiger charge is 2.47. The number of H-pyrrole nitrogens is 1. The van der Waals surface area contributed by atoms with Crippen LogP contribution in [0.1, 0.15) is 30.1 Å². The molecular formula is C19H27N3O4S. The average molecular weight is 394 g/mol. The van der Waals surface area contributed by atoms with Gasteiger partial charge in [-0.05, 0) is 37.6 Å². The first-order chi connectivity index (χ1) is 12.8. The summed E-state index contributed by atoms with van der Waals surface area (Å²) in [6.45, 7) is 1.90. The van der Waals surface area contributed by atoms with Crippen molar-refractivity contribution in [1.29, 1.82) is 0 Å². The number of hydrogen-bond acceptors (Lipinski definition) is 5. The van der Waals surface area contributed by atoms with Crippen LogP contribution in [0, 0.1) is 0 Å². The SMILES string of the molecule is COc1ccc2c3c([nH]c2c1)[C@H](CO)N(C)CC31CCN(S(C)(=O)=O)CC1. The van der Waals surface area contributed by atoms with Crippen LogP contribution in [0.15, 0.2) is 18.2 Å². The first kappa shape index (κ1) is 18.7. The van der Waals surface area contributed by atoms with E-state index in [2.05, 4.69) is 16.0 Å². The van der Waals surface area contributed by atoms with Gasteiger partial charge in [0.25, 0.3) is 0 Å². The van der Waals surface area contributed by atoms with Gasteiger partial charge in [-0.3, -0.25) is 4.90 Å². The van der Waals surface area contributed by atoms with Crippen molar-refractivity contribution in [2.24, 2.45) is 0 Å². The summed E-state index contributed by atoms with van der Waals surface area (Å²) in [7, 11) is 0.508. The number of aromatic nitrogens is 1. The number of fused-ring (bicyclic) bond motifs is 4. The van der Waals surface area contributed by atoms with E-state index in [0.29, 0.717) is 13.1 Å². The van der Waals surface area contributed by atoms with Gasteiger partial charge in [0.2, 0.25) is 10.0 Å². The fraction of sp³-hybridized carbons (Fsp3) is 0.579. The van der Waals surface area contributed by atoms with E-state index >= 15 is 0 Å². The second-order valence-electron chi connectivity index (χ2n) is 7.88. The van der Waals surface area contributed by atoms with Crippen LogP contribution in [0.4, 0.5) is 0 Å². The van der Waals surface area contributed by atoms with Crippen molar-refractivity contribution in [3.63, 3.8) is 0 Å².